The van der Waals surface area contributed by atoms with E-state index in [1.54, 1.807) is 4.68 Å². The van der Waals surface area contributed by atoms with E-state index in [4.69, 9.17) is 0 Å². The molecular formula is C13H23N3O2. The molecule has 1 saturated carbocycles. The van der Waals surface area contributed by atoms with Crippen molar-refractivity contribution in [3.05, 3.63) is 12.2 Å². The fourth-order valence-electron chi connectivity index (χ4n) is 2.64. The zero-order valence-electron chi connectivity index (χ0n) is 11.2. The molecule has 102 valence electrons. The Labute approximate surface area is 108 Å². The first kappa shape index (κ1) is 13.5. The molecule has 1 aromatic heterocycles. The van der Waals surface area contributed by atoms with Crippen LogP contribution >= 0.6 is 0 Å². The molecule has 1 aromatic rings. The zero-order chi connectivity index (χ0) is 13.2. The molecular weight excluding hydrogens is 230 g/mol. The van der Waals surface area contributed by atoms with Crippen LogP contribution in [0, 0.1) is 5.92 Å². The Balaban J connectivity index is 2.14. The van der Waals surface area contributed by atoms with Crippen molar-refractivity contribution >= 4 is 0 Å². The predicted molar refractivity (Wildman–Crippen MR) is 67.9 cm³/mol. The van der Waals surface area contributed by atoms with E-state index in [2.05, 4.69) is 23.9 Å². The summed E-state index contributed by atoms with van der Waals surface area (Å²) in [7, 11) is 0. The van der Waals surface area contributed by atoms with Gasteiger partial charge in [-0.3, -0.25) is 0 Å². The van der Waals surface area contributed by atoms with E-state index in [1.807, 2.05) is 0 Å². The van der Waals surface area contributed by atoms with E-state index < -0.39 is 11.7 Å². The lowest BCUT2D eigenvalue weighted by molar-refractivity contribution is -0.110. The molecule has 1 aliphatic rings. The van der Waals surface area contributed by atoms with Crippen LogP contribution in [0.3, 0.4) is 0 Å². The van der Waals surface area contributed by atoms with Crippen molar-refractivity contribution in [2.45, 2.75) is 64.2 Å². The minimum absolute atomic E-state index is 0.494. The van der Waals surface area contributed by atoms with Crippen molar-refractivity contribution in [3.63, 3.8) is 0 Å². The average Bonchev–Trinajstić information content (AvgIpc) is 2.81. The molecule has 1 atom stereocenters. The summed E-state index contributed by atoms with van der Waals surface area (Å²) in [5.74, 6) is 1.12. The molecule has 2 N–H and O–H groups in total. The fraction of sp³-hybridized carbons (Fsp3) is 0.846. The molecule has 0 amide bonds. The summed E-state index contributed by atoms with van der Waals surface area (Å²) in [6.45, 7) is 4.96. The third kappa shape index (κ3) is 2.57. The maximum Gasteiger partial charge on any atom is 0.158 e. The number of rotatable bonds is 4. The van der Waals surface area contributed by atoms with Crippen molar-refractivity contribution in [1.82, 2.24) is 14.8 Å². The Morgan fingerprint density at radius 2 is 2.17 bits per heavy atom. The number of aliphatic hydroxyl groups is 2. The summed E-state index contributed by atoms with van der Waals surface area (Å²) in [4.78, 5) is 4.12. The van der Waals surface area contributed by atoms with Crippen molar-refractivity contribution in [2.75, 3.05) is 0 Å². The van der Waals surface area contributed by atoms with E-state index in [-0.39, 0.29) is 0 Å². The maximum absolute atomic E-state index is 10.6. The summed E-state index contributed by atoms with van der Waals surface area (Å²) >= 11 is 0. The van der Waals surface area contributed by atoms with Gasteiger partial charge in [-0.1, -0.05) is 13.8 Å². The number of hydrogen-bond donors (Lipinski definition) is 2. The number of aliphatic hydroxyl groups excluding tert-OH is 1. The quantitative estimate of drug-likeness (QED) is 0.856. The van der Waals surface area contributed by atoms with E-state index in [9.17, 15) is 10.2 Å². The Hall–Kier alpha value is -0.940. The maximum atomic E-state index is 10.6. The molecule has 2 rings (SSSR count). The van der Waals surface area contributed by atoms with Crippen LogP contribution in [-0.2, 0) is 6.54 Å². The van der Waals surface area contributed by atoms with Gasteiger partial charge in [0.2, 0.25) is 0 Å². The lowest BCUT2D eigenvalue weighted by Crippen LogP contribution is -2.41. The van der Waals surface area contributed by atoms with Crippen LogP contribution in [0.5, 0.6) is 0 Å². The van der Waals surface area contributed by atoms with Crippen molar-refractivity contribution in [1.29, 1.82) is 0 Å². The number of nitrogens with zero attached hydrogens (tertiary/aromatic N) is 3. The molecule has 5 nitrogen and oxygen atoms in total. The van der Waals surface area contributed by atoms with Crippen LogP contribution < -0.4 is 0 Å². The highest BCUT2D eigenvalue weighted by Crippen LogP contribution is 2.39. The Kier molecular flexibility index (Phi) is 4.02. The summed E-state index contributed by atoms with van der Waals surface area (Å²) in [5, 5.41) is 25.1. The highest BCUT2D eigenvalue weighted by Gasteiger charge is 2.41. The number of aryl methyl sites for hydroxylation is 1. The van der Waals surface area contributed by atoms with Gasteiger partial charge in [-0.25, -0.2) is 9.67 Å². The summed E-state index contributed by atoms with van der Waals surface area (Å²) in [6, 6.07) is 0. The summed E-state index contributed by atoms with van der Waals surface area (Å²) < 4.78 is 1.70. The van der Waals surface area contributed by atoms with Crippen LogP contribution in [0.1, 0.15) is 57.9 Å². The molecule has 5 heteroatoms. The van der Waals surface area contributed by atoms with Gasteiger partial charge < -0.3 is 10.2 Å². The van der Waals surface area contributed by atoms with Crippen LogP contribution in [0.4, 0.5) is 0 Å². The molecule has 0 spiro atoms. The minimum atomic E-state index is -1.04. The third-order valence-corrected chi connectivity index (χ3v) is 3.97. The van der Waals surface area contributed by atoms with Crippen LogP contribution in [0.15, 0.2) is 6.33 Å². The van der Waals surface area contributed by atoms with Crippen molar-refractivity contribution < 1.29 is 10.2 Å². The topological polar surface area (TPSA) is 71.2 Å². The largest absolute Gasteiger partial charge is 0.387 e. The van der Waals surface area contributed by atoms with E-state index in [0.29, 0.717) is 24.6 Å². The van der Waals surface area contributed by atoms with Gasteiger partial charge in [0.15, 0.2) is 5.82 Å². The fourth-order valence-corrected chi connectivity index (χ4v) is 2.64. The molecule has 0 aromatic carbocycles. The zero-order valence-corrected chi connectivity index (χ0v) is 11.2. The Morgan fingerprint density at radius 3 is 2.78 bits per heavy atom. The lowest BCUT2D eigenvalue weighted by Gasteiger charge is -2.37. The summed E-state index contributed by atoms with van der Waals surface area (Å²) in [6.07, 6.45) is 4.62. The molecule has 1 aliphatic carbocycles. The predicted octanol–water partition coefficient (Wildman–Crippen LogP) is 1.66. The minimum Gasteiger partial charge on any atom is -0.387 e. The number of hydrogen-bond acceptors (Lipinski definition) is 4. The third-order valence-electron chi connectivity index (χ3n) is 3.97. The van der Waals surface area contributed by atoms with Crippen LogP contribution in [-0.4, -0.2) is 30.6 Å². The SMILES string of the molecule is CCCn1ncnc1C(O)C1(O)CCC(C)CC1. The van der Waals surface area contributed by atoms with Gasteiger partial charge in [0, 0.05) is 6.54 Å². The molecule has 0 bridgehead atoms. The van der Waals surface area contributed by atoms with Gasteiger partial charge >= 0.3 is 0 Å². The second-order valence-corrected chi connectivity index (χ2v) is 5.53. The van der Waals surface area contributed by atoms with Crippen molar-refractivity contribution in [3.8, 4) is 0 Å². The molecule has 1 unspecified atom stereocenters. The second-order valence-electron chi connectivity index (χ2n) is 5.53. The van der Waals surface area contributed by atoms with E-state index in [1.165, 1.54) is 6.33 Å². The first-order valence-electron chi connectivity index (χ1n) is 6.85. The molecule has 0 aliphatic heterocycles. The monoisotopic (exact) mass is 253 g/mol. The molecule has 18 heavy (non-hydrogen) atoms. The lowest BCUT2D eigenvalue weighted by atomic mass is 9.76. The first-order chi connectivity index (χ1) is 8.57. The van der Waals surface area contributed by atoms with Crippen LogP contribution in [0.25, 0.3) is 0 Å². The Bertz CT molecular complexity index is 383. The van der Waals surface area contributed by atoms with Gasteiger partial charge in [0.1, 0.15) is 12.4 Å². The van der Waals surface area contributed by atoms with E-state index in [0.717, 1.165) is 25.8 Å². The highest BCUT2D eigenvalue weighted by molar-refractivity contribution is 5.02. The second kappa shape index (κ2) is 5.36. The molecule has 1 fully saturated rings. The highest BCUT2D eigenvalue weighted by atomic mass is 16.3. The molecule has 0 radical (unpaired) electrons. The van der Waals surface area contributed by atoms with Gasteiger partial charge in [-0.15, -0.1) is 0 Å². The van der Waals surface area contributed by atoms with Gasteiger partial charge in [-0.05, 0) is 38.0 Å². The average molecular weight is 253 g/mol. The standard InChI is InChI=1S/C13H23N3O2/c1-3-8-16-12(14-9-15-16)11(17)13(18)6-4-10(2)5-7-13/h9-11,17-18H,3-8H2,1-2H3. The first-order valence-corrected chi connectivity index (χ1v) is 6.85. The Morgan fingerprint density at radius 1 is 1.50 bits per heavy atom. The van der Waals surface area contributed by atoms with E-state index >= 15 is 0 Å². The normalized spacial score (nSPS) is 30.3. The molecule has 0 saturated heterocycles. The van der Waals surface area contributed by atoms with Crippen molar-refractivity contribution in [2.24, 2.45) is 5.92 Å². The van der Waals surface area contributed by atoms with Gasteiger partial charge in [0.05, 0.1) is 5.60 Å². The van der Waals surface area contributed by atoms with Gasteiger partial charge in [0.25, 0.3) is 0 Å². The number of aromatic nitrogens is 3. The molecule has 1 heterocycles. The summed E-state index contributed by atoms with van der Waals surface area (Å²) in [5.41, 5.74) is -1.04. The van der Waals surface area contributed by atoms with Gasteiger partial charge in [-0.2, -0.15) is 5.10 Å². The van der Waals surface area contributed by atoms with Crippen LogP contribution in [0.2, 0.25) is 0 Å². The smallest absolute Gasteiger partial charge is 0.158 e.